The van der Waals surface area contributed by atoms with Crippen LogP contribution in [0.4, 0.5) is 5.69 Å². The highest BCUT2D eigenvalue weighted by atomic mass is 79.9. The number of aryl methyl sites for hydroxylation is 1. The number of rotatable bonds is 3. The van der Waals surface area contributed by atoms with Crippen molar-refractivity contribution in [2.45, 2.75) is 37.6 Å². The van der Waals surface area contributed by atoms with Gasteiger partial charge in [0.25, 0.3) is 0 Å². The molecule has 0 unspecified atom stereocenters. The van der Waals surface area contributed by atoms with E-state index in [2.05, 4.69) is 21.2 Å². The van der Waals surface area contributed by atoms with Crippen molar-refractivity contribution in [3.63, 3.8) is 0 Å². The Hall–Kier alpha value is -0.700. The van der Waals surface area contributed by atoms with Gasteiger partial charge in [-0.2, -0.15) is 0 Å². The minimum Gasteiger partial charge on any atom is -0.394 e. The quantitative estimate of drug-likeness (QED) is 0.526. The van der Waals surface area contributed by atoms with Gasteiger partial charge in [0.15, 0.2) is 6.23 Å². The normalized spacial score (nSPS) is 34.0. The lowest BCUT2D eigenvalue weighted by Crippen LogP contribution is -2.60. The van der Waals surface area contributed by atoms with Gasteiger partial charge in [0.2, 0.25) is 0 Å². The Morgan fingerprint density at radius 2 is 1.90 bits per heavy atom. The number of aliphatic hydroxyl groups excluding tert-OH is 4. The molecule has 20 heavy (non-hydrogen) atoms. The van der Waals surface area contributed by atoms with Crippen LogP contribution in [-0.2, 0) is 4.74 Å². The van der Waals surface area contributed by atoms with Crippen LogP contribution in [0.1, 0.15) is 5.56 Å². The Morgan fingerprint density at radius 1 is 1.20 bits per heavy atom. The van der Waals surface area contributed by atoms with Crippen molar-refractivity contribution < 1.29 is 25.2 Å². The van der Waals surface area contributed by atoms with Crippen LogP contribution in [0.2, 0.25) is 0 Å². The van der Waals surface area contributed by atoms with Crippen molar-refractivity contribution in [2.75, 3.05) is 11.9 Å². The Bertz CT molecular complexity index is 470. The van der Waals surface area contributed by atoms with E-state index in [1.165, 1.54) is 0 Å². The van der Waals surface area contributed by atoms with Gasteiger partial charge < -0.3 is 30.5 Å². The minimum absolute atomic E-state index is 0.444. The predicted molar refractivity (Wildman–Crippen MR) is 76.3 cm³/mol. The number of benzene rings is 1. The molecule has 0 radical (unpaired) electrons. The van der Waals surface area contributed by atoms with Gasteiger partial charge in [0.1, 0.15) is 24.4 Å². The molecule has 5 atom stereocenters. The monoisotopic (exact) mass is 347 g/mol. The molecule has 1 heterocycles. The van der Waals surface area contributed by atoms with E-state index in [4.69, 9.17) is 9.84 Å². The van der Waals surface area contributed by atoms with Crippen molar-refractivity contribution in [1.29, 1.82) is 0 Å². The first kappa shape index (κ1) is 15.7. The molecule has 1 aliphatic rings. The number of anilines is 1. The Labute approximate surface area is 125 Å². The molecule has 0 spiro atoms. The van der Waals surface area contributed by atoms with Crippen LogP contribution in [0.3, 0.4) is 0 Å². The predicted octanol–water partition coefficient (Wildman–Crippen LogP) is -0.0307. The maximum atomic E-state index is 9.92. The summed E-state index contributed by atoms with van der Waals surface area (Å²) in [7, 11) is 0. The van der Waals surface area contributed by atoms with E-state index in [0.717, 1.165) is 10.0 Å². The summed E-state index contributed by atoms with van der Waals surface area (Å²) in [5.74, 6) is 0. The summed E-state index contributed by atoms with van der Waals surface area (Å²) >= 11 is 3.40. The van der Waals surface area contributed by atoms with Gasteiger partial charge in [-0.3, -0.25) is 0 Å². The third kappa shape index (κ3) is 3.13. The molecule has 2 rings (SSSR count). The summed E-state index contributed by atoms with van der Waals surface area (Å²) in [6.45, 7) is 1.50. The second-order valence-electron chi connectivity index (χ2n) is 4.86. The van der Waals surface area contributed by atoms with E-state index >= 15 is 0 Å². The lowest BCUT2D eigenvalue weighted by Gasteiger charge is -2.40. The lowest BCUT2D eigenvalue weighted by atomic mass is 9.98. The fourth-order valence-corrected chi connectivity index (χ4v) is 2.45. The first-order valence-corrected chi connectivity index (χ1v) is 7.06. The maximum Gasteiger partial charge on any atom is 0.157 e. The van der Waals surface area contributed by atoms with Crippen molar-refractivity contribution in [2.24, 2.45) is 0 Å². The molecule has 112 valence electrons. The summed E-state index contributed by atoms with van der Waals surface area (Å²) in [5.41, 5.74) is 1.75. The highest BCUT2D eigenvalue weighted by Crippen LogP contribution is 2.25. The number of ether oxygens (including phenoxy) is 1. The zero-order valence-electron chi connectivity index (χ0n) is 10.9. The molecule has 1 aliphatic heterocycles. The summed E-state index contributed by atoms with van der Waals surface area (Å²) in [6, 6.07) is 5.51. The van der Waals surface area contributed by atoms with Crippen molar-refractivity contribution in [3.05, 3.63) is 28.2 Å². The first-order valence-electron chi connectivity index (χ1n) is 6.27. The Balaban J connectivity index is 2.13. The van der Waals surface area contributed by atoms with Gasteiger partial charge in [-0.1, -0.05) is 22.0 Å². The summed E-state index contributed by atoms with van der Waals surface area (Å²) in [4.78, 5) is 0. The van der Waals surface area contributed by atoms with Crippen molar-refractivity contribution in [1.82, 2.24) is 0 Å². The van der Waals surface area contributed by atoms with E-state index in [1.807, 2.05) is 25.1 Å². The smallest absolute Gasteiger partial charge is 0.157 e. The molecule has 7 heteroatoms. The van der Waals surface area contributed by atoms with Crippen LogP contribution in [0.25, 0.3) is 0 Å². The summed E-state index contributed by atoms with van der Waals surface area (Å²) < 4.78 is 6.26. The standard InChI is InChI=1S/C13H18BrNO5/c1-6-2-3-7(4-8(6)14)15-13-12(19)11(18)10(17)9(5-16)20-13/h2-4,9-13,15-19H,5H2,1H3/t9-,10+,11+,12-,13-/m0/s1. The summed E-state index contributed by atoms with van der Waals surface area (Å²) in [5, 5.41) is 41.4. The van der Waals surface area contributed by atoms with Gasteiger partial charge in [0, 0.05) is 10.2 Å². The zero-order valence-corrected chi connectivity index (χ0v) is 12.5. The SMILES string of the molecule is Cc1ccc(N[C@H]2O[C@@H](CO)[C@@H](O)[C@@H](O)[C@@H]2O)cc1Br. The van der Waals surface area contributed by atoms with Crippen LogP contribution in [0.5, 0.6) is 0 Å². The minimum atomic E-state index is -1.38. The lowest BCUT2D eigenvalue weighted by molar-refractivity contribution is -0.221. The average molecular weight is 348 g/mol. The molecule has 0 amide bonds. The largest absolute Gasteiger partial charge is 0.394 e. The van der Waals surface area contributed by atoms with Crippen molar-refractivity contribution in [3.8, 4) is 0 Å². The number of hydrogen-bond acceptors (Lipinski definition) is 6. The highest BCUT2D eigenvalue weighted by molar-refractivity contribution is 9.10. The number of aliphatic hydroxyl groups is 4. The van der Waals surface area contributed by atoms with Crippen LogP contribution in [0.15, 0.2) is 22.7 Å². The van der Waals surface area contributed by atoms with Gasteiger partial charge >= 0.3 is 0 Å². The molecule has 0 bridgehead atoms. The van der Waals surface area contributed by atoms with Gasteiger partial charge in [-0.25, -0.2) is 0 Å². The molecule has 1 saturated heterocycles. The van der Waals surface area contributed by atoms with Crippen LogP contribution >= 0.6 is 15.9 Å². The molecular weight excluding hydrogens is 330 g/mol. The van der Waals surface area contributed by atoms with Gasteiger partial charge in [0.05, 0.1) is 6.61 Å². The van der Waals surface area contributed by atoms with Crippen LogP contribution < -0.4 is 5.32 Å². The third-order valence-electron chi connectivity index (χ3n) is 3.37. The molecule has 6 nitrogen and oxygen atoms in total. The van der Waals surface area contributed by atoms with E-state index in [1.54, 1.807) is 0 Å². The molecule has 1 fully saturated rings. The summed E-state index contributed by atoms with van der Waals surface area (Å²) in [6.07, 6.45) is -5.86. The third-order valence-corrected chi connectivity index (χ3v) is 4.23. The molecule has 5 N–H and O–H groups in total. The Morgan fingerprint density at radius 3 is 2.50 bits per heavy atom. The fraction of sp³-hybridized carbons (Fsp3) is 0.538. The zero-order chi connectivity index (χ0) is 14.9. The van der Waals surface area contributed by atoms with Crippen LogP contribution in [-0.4, -0.2) is 57.7 Å². The first-order chi connectivity index (χ1) is 9.43. The number of nitrogens with one attached hydrogen (secondary N) is 1. The topological polar surface area (TPSA) is 102 Å². The maximum absolute atomic E-state index is 9.92. The molecule has 0 saturated carbocycles. The van der Waals surface area contributed by atoms with E-state index in [0.29, 0.717) is 5.69 Å². The number of halogens is 1. The number of hydrogen-bond donors (Lipinski definition) is 5. The van der Waals surface area contributed by atoms with E-state index in [-0.39, 0.29) is 0 Å². The molecule has 0 aliphatic carbocycles. The van der Waals surface area contributed by atoms with Gasteiger partial charge in [-0.15, -0.1) is 0 Å². The van der Waals surface area contributed by atoms with Crippen molar-refractivity contribution >= 4 is 21.6 Å². The molecule has 1 aromatic carbocycles. The highest BCUT2D eigenvalue weighted by Gasteiger charge is 2.43. The molecule has 1 aromatic rings. The van der Waals surface area contributed by atoms with Gasteiger partial charge in [-0.05, 0) is 24.6 Å². The molecular formula is C13H18BrNO5. The second-order valence-corrected chi connectivity index (χ2v) is 5.71. The Kier molecular flexibility index (Phi) is 5.00. The fourth-order valence-electron chi connectivity index (χ4n) is 2.07. The molecule has 0 aromatic heterocycles. The average Bonchev–Trinajstić information content (AvgIpc) is 2.43. The van der Waals surface area contributed by atoms with Crippen LogP contribution in [0, 0.1) is 6.92 Å². The van der Waals surface area contributed by atoms with E-state index < -0.39 is 37.3 Å². The van der Waals surface area contributed by atoms with E-state index in [9.17, 15) is 15.3 Å². The second kappa shape index (κ2) is 6.38.